The normalized spacial score (nSPS) is 13.9. The standard InChI is InChI=1S/C6H11F3.C2H6/c1-4(2)5(3)6(7,8)9;1-2/h4-5H,1-3H3;1-2H3/t5-;/m1./s1. The van der Waals surface area contributed by atoms with E-state index in [0.717, 1.165) is 0 Å². The molecule has 0 aliphatic heterocycles. The van der Waals surface area contributed by atoms with E-state index >= 15 is 0 Å². The number of hydrogen-bond donors (Lipinski definition) is 0. The summed E-state index contributed by atoms with van der Waals surface area (Å²) in [6.07, 6.45) is -4.02. The summed E-state index contributed by atoms with van der Waals surface area (Å²) in [6.45, 7) is 8.33. The Bertz CT molecular complexity index is 83.8. The van der Waals surface area contributed by atoms with Gasteiger partial charge in [-0.1, -0.05) is 34.6 Å². The maximum absolute atomic E-state index is 11.7. The van der Waals surface area contributed by atoms with Crippen LogP contribution in [0, 0.1) is 11.8 Å². The van der Waals surface area contributed by atoms with Crippen molar-refractivity contribution in [1.29, 1.82) is 0 Å². The van der Waals surface area contributed by atoms with Crippen molar-refractivity contribution in [2.45, 2.75) is 40.8 Å². The van der Waals surface area contributed by atoms with Gasteiger partial charge in [-0.05, 0) is 5.92 Å². The number of halogens is 3. The predicted octanol–water partition coefficient (Wildman–Crippen LogP) is 3.87. The summed E-state index contributed by atoms with van der Waals surface area (Å²) in [5.74, 6) is -1.50. The zero-order valence-corrected chi connectivity index (χ0v) is 7.79. The molecule has 0 aromatic carbocycles. The first kappa shape index (κ1) is 13.4. The Morgan fingerprint density at radius 1 is 0.909 bits per heavy atom. The van der Waals surface area contributed by atoms with Crippen LogP contribution in [0.1, 0.15) is 34.6 Å². The Kier molecular flexibility index (Phi) is 6.62. The Hall–Kier alpha value is -0.210. The molecule has 0 aromatic heterocycles. The van der Waals surface area contributed by atoms with Crippen molar-refractivity contribution < 1.29 is 13.2 Å². The fraction of sp³-hybridized carbons (Fsp3) is 1.00. The highest BCUT2D eigenvalue weighted by Crippen LogP contribution is 2.30. The fourth-order valence-corrected chi connectivity index (χ4v) is 0.378. The van der Waals surface area contributed by atoms with Crippen LogP contribution in [-0.2, 0) is 0 Å². The number of alkyl halides is 3. The fourth-order valence-electron chi connectivity index (χ4n) is 0.378. The van der Waals surface area contributed by atoms with Crippen molar-refractivity contribution in [3.8, 4) is 0 Å². The molecule has 0 rings (SSSR count). The van der Waals surface area contributed by atoms with Gasteiger partial charge in [-0.2, -0.15) is 13.2 Å². The largest absolute Gasteiger partial charge is 0.391 e. The second-order valence-corrected chi connectivity index (χ2v) is 2.57. The molecule has 0 aliphatic carbocycles. The molecule has 0 spiro atoms. The first-order valence-corrected chi connectivity index (χ1v) is 3.92. The molecule has 0 saturated carbocycles. The molecule has 11 heavy (non-hydrogen) atoms. The van der Waals surface area contributed by atoms with E-state index in [1.54, 1.807) is 13.8 Å². The highest BCUT2D eigenvalue weighted by molar-refractivity contribution is 4.64. The molecular formula is C8H17F3. The molecule has 0 unspecified atom stereocenters. The van der Waals surface area contributed by atoms with Gasteiger partial charge in [-0.25, -0.2) is 0 Å². The summed E-state index contributed by atoms with van der Waals surface area (Å²) in [4.78, 5) is 0. The van der Waals surface area contributed by atoms with Gasteiger partial charge in [-0.3, -0.25) is 0 Å². The van der Waals surface area contributed by atoms with Crippen molar-refractivity contribution in [2.75, 3.05) is 0 Å². The van der Waals surface area contributed by atoms with Crippen LogP contribution in [0.15, 0.2) is 0 Å². The van der Waals surface area contributed by atoms with E-state index in [9.17, 15) is 13.2 Å². The monoisotopic (exact) mass is 170 g/mol. The van der Waals surface area contributed by atoms with Crippen LogP contribution >= 0.6 is 0 Å². The van der Waals surface area contributed by atoms with Gasteiger partial charge in [0, 0.05) is 0 Å². The van der Waals surface area contributed by atoms with Gasteiger partial charge >= 0.3 is 6.18 Å². The van der Waals surface area contributed by atoms with E-state index in [4.69, 9.17) is 0 Å². The smallest absolute Gasteiger partial charge is 0.171 e. The third kappa shape index (κ3) is 6.20. The van der Waals surface area contributed by atoms with Crippen molar-refractivity contribution >= 4 is 0 Å². The van der Waals surface area contributed by atoms with Crippen LogP contribution in [0.25, 0.3) is 0 Å². The Morgan fingerprint density at radius 2 is 1.18 bits per heavy atom. The maximum atomic E-state index is 11.7. The summed E-state index contributed by atoms with van der Waals surface area (Å²) in [6, 6.07) is 0. The van der Waals surface area contributed by atoms with E-state index < -0.39 is 12.1 Å². The van der Waals surface area contributed by atoms with Gasteiger partial charge in [0.25, 0.3) is 0 Å². The molecule has 0 saturated heterocycles. The molecule has 0 nitrogen and oxygen atoms in total. The molecule has 3 heteroatoms. The molecule has 0 aromatic rings. The molecule has 70 valence electrons. The topological polar surface area (TPSA) is 0 Å². The first-order chi connectivity index (χ1) is 4.85. The van der Waals surface area contributed by atoms with E-state index in [1.807, 2.05) is 13.8 Å². The average Bonchev–Trinajstić information content (AvgIpc) is 1.89. The minimum atomic E-state index is -4.02. The zero-order valence-electron chi connectivity index (χ0n) is 7.79. The third-order valence-corrected chi connectivity index (χ3v) is 1.52. The quantitative estimate of drug-likeness (QED) is 0.560. The van der Waals surface area contributed by atoms with Crippen molar-refractivity contribution in [2.24, 2.45) is 11.8 Å². The minimum Gasteiger partial charge on any atom is -0.171 e. The van der Waals surface area contributed by atoms with Gasteiger partial charge in [0.15, 0.2) is 0 Å². The highest BCUT2D eigenvalue weighted by atomic mass is 19.4. The van der Waals surface area contributed by atoms with E-state index in [1.165, 1.54) is 6.92 Å². The van der Waals surface area contributed by atoms with Crippen molar-refractivity contribution in [3.05, 3.63) is 0 Å². The Labute approximate surface area is 66.8 Å². The molecule has 1 atom stereocenters. The van der Waals surface area contributed by atoms with Crippen LogP contribution in [0.2, 0.25) is 0 Å². The Morgan fingerprint density at radius 3 is 1.18 bits per heavy atom. The van der Waals surface area contributed by atoms with Crippen molar-refractivity contribution in [3.63, 3.8) is 0 Å². The van der Waals surface area contributed by atoms with Crippen LogP contribution in [0.3, 0.4) is 0 Å². The molecule has 0 fully saturated rings. The SMILES string of the molecule is CC.CC(C)[C@@H](C)C(F)(F)F. The minimum absolute atomic E-state index is 0.315. The predicted molar refractivity (Wildman–Crippen MR) is 41.4 cm³/mol. The molecule has 0 bridgehead atoms. The lowest BCUT2D eigenvalue weighted by Crippen LogP contribution is -2.24. The number of hydrogen-bond acceptors (Lipinski definition) is 0. The summed E-state index contributed by atoms with van der Waals surface area (Å²) in [5.41, 5.74) is 0. The maximum Gasteiger partial charge on any atom is 0.391 e. The zero-order chi connectivity index (χ0) is 9.65. The molecule has 0 aliphatic rings. The summed E-state index contributed by atoms with van der Waals surface area (Å²) in [5, 5.41) is 0. The van der Waals surface area contributed by atoms with E-state index in [-0.39, 0.29) is 5.92 Å². The summed E-state index contributed by atoms with van der Waals surface area (Å²) in [7, 11) is 0. The van der Waals surface area contributed by atoms with Crippen LogP contribution in [-0.4, -0.2) is 6.18 Å². The second kappa shape index (κ2) is 5.44. The molecular weight excluding hydrogens is 153 g/mol. The summed E-state index contributed by atoms with van der Waals surface area (Å²) < 4.78 is 35.1. The lowest BCUT2D eigenvalue weighted by Gasteiger charge is -2.18. The van der Waals surface area contributed by atoms with Gasteiger partial charge in [0.05, 0.1) is 5.92 Å². The molecule has 0 heterocycles. The third-order valence-electron chi connectivity index (χ3n) is 1.52. The van der Waals surface area contributed by atoms with Crippen LogP contribution in [0.5, 0.6) is 0 Å². The van der Waals surface area contributed by atoms with Crippen molar-refractivity contribution in [1.82, 2.24) is 0 Å². The average molecular weight is 170 g/mol. The molecule has 0 amide bonds. The van der Waals surface area contributed by atoms with Crippen LogP contribution < -0.4 is 0 Å². The molecule has 0 N–H and O–H groups in total. The van der Waals surface area contributed by atoms with Gasteiger partial charge < -0.3 is 0 Å². The lowest BCUT2D eigenvalue weighted by molar-refractivity contribution is -0.180. The number of rotatable bonds is 1. The first-order valence-electron chi connectivity index (χ1n) is 3.92. The lowest BCUT2D eigenvalue weighted by atomic mass is 9.98. The van der Waals surface area contributed by atoms with Crippen LogP contribution in [0.4, 0.5) is 13.2 Å². The highest BCUT2D eigenvalue weighted by Gasteiger charge is 2.37. The van der Waals surface area contributed by atoms with Gasteiger partial charge in [0.1, 0.15) is 0 Å². The molecule has 0 radical (unpaired) electrons. The van der Waals surface area contributed by atoms with Gasteiger partial charge in [-0.15, -0.1) is 0 Å². The van der Waals surface area contributed by atoms with Gasteiger partial charge in [0.2, 0.25) is 0 Å². The van der Waals surface area contributed by atoms with E-state index in [2.05, 4.69) is 0 Å². The summed E-state index contributed by atoms with van der Waals surface area (Å²) >= 11 is 0. The Balaban J connectivity index is 0. The second-order valence-electron chi connectivity index (χ2n) is 2.57. The van der Waals surface area contributed by atoms with E-state index in [0.29, 0.717) is 0 Å².